The van der Waals surface area contributed by atoms with E-state index < -0.39 is 0 Å². The van der Waals surface area contributed by atoms with Crippen LogP contribution >= 0.6 is 12.2 Å². The van der Waals surface area contributed by atoms with E-state index in [1.54, 1.807) is 0 Å². The van der Waals surface area contributed by atoms with E-state index in [4.69, 9.17) is 12.2 Å². The van der Waals surface area contributed by atoms with Crippen LogP contribution in [-0.2, 0) is 6.42 Å². The topological polar surface area (TPSA) is 31.6 Å². The average Bonchev–Trinajstić information content (AvgIpc) is 2.95. The summed E-state index contributed by atoms with van der Waals surface area (Å²) >= 11 is 5.08. The first-order chi connectivity index (χ1) is 9.61. The summed E-state index contributed by atoms with van der Waals surface area (Å²) in [4.78, 5) is 6.24. The number of aromatic amines is 2. The third-order valence-electron chi connectivity index (χ3n) is 3.71. The highest BCUT2D eigenvalue weighted by Crippen LogP contribution is 2.39. The van der Waals surface area contributed by atoms with Crippen molar-refractivity contribution in [1.29, 1.82) is 0 Å². The third kappa shape index (κ3) is 4.07. The molecule has 1 aliphatic rings. The lowest BCUT2D eigenvalue weighted by Crippen LogP contribution is -2.11. The largest absolute Gasteiger partial charge is 0.337 e. The van der Waals surface area contributed by atoms with Crippen molar-refractivity contribution < 1.29 is 0 Å². The van der Waals surface area contributed by atoms with Crippen LogP contribution in [0.4, 0.5) is 0 Å². The summed E-state index contributed by atoms with van der Waals surface area (Å²) in [5, 5.41) is 0. The Morgan fingerprint density at radius 3 is 2.70 bits per heavy atom. The third-order valence-corrected chi connectivity index (χ3v) is 3.93. The van der Waals surface area contributed by atoms with Crippen molar-refractivity contribution in [2.75, 3.05) is 0 Å². The number of nitrogens with one attached hydrogen (secondary N) is 2. The highest BCUT2D eigenvalue weighted by atomic mass is 32.1. The van der Waals surface area contributed by atoms with Gasteiger partial charge < -0.3 is 9.97 Å². The minimum atomic E-state index is 0.572. The molecule has 0 radical (unpaired) electrons. The van der Waals surface area contributed by atoms with Crippen molar-refractivity contribution in [3.8, 4) is 0 Å². The quantitative estimate of drug-likeness (QED) is 0.568. The van der Waals surface area contributed by atoms with Crippen LogP contribution in [0.2, 0.25) is 0 Å². The Bertz CT molecular complexity index is 545. The molecular formula is C17H26N2S. The first-order valence-corrected chi connectivity index (χ1v) is 7.78. The predicted molar refractivity (Wildman–Crippen MR) is 90.3 cm³/mol. The highest BCUT2D eigenvalue weighted by molar-refractivity contribution is 7.71. The van der Waals surface area contributed by atoms with Crippen LogP contribution in [0.25, 0.3) is 0 Å². The van der Waals surface area contributed by atoms with Crippen molar-refractivity contribution in [1.82, 2.24) is 9.97 Å². The van der Waals surface area contributed by atoms with Crippen molar-refractivity contribution >= 4 is 12.2 Å². The lowest BCUT2D eigenvalue weighted by Gasteiger charge is -2.17. The van der Waals surface area contributed by atoms with E-state index >= 15 is 0 Å². The van der Waals surface area contributed by atoms with Gasteiger partial charge in [-0.05, 0) is 49.4 Å². The van der Waals surface area contributed by atoms with Gasteiger partial charge in [0.15, 0.2) is 4.77 Å². The average molecular weight is 290 g/mol. The van der Waals surface area contributed by atoms with E-state index in [1.807, 2.05) is 32.2 Å². The van der Waals surface area contributed by atoms with Gasteiger partial charge in [0.1, 0.15) is 0 Å². The Morgan fingerprint density at radius 2 is 2.15 bits per heavy atom. The van der Waals surface area contributed by atoms with Crippen LogP contribution in [0.1, 0.15) is 39.8 Å². The zero-order valence-electron chi connectivity index (χ0n) is 13.0. The lowest BCUT2D eigenvalue weighted by molar-refractivity contribution is 0.444. The number of imidazole rings is 1. The predicted octanol–water partition coefficient (Wildman–Crippen LogP) is 5.36. The number of hydrogen-bond donors (Lipinski definition) is 2. The van der Waals surface area contributed by atoms with Gasteiger partial charge in [-0.15, -0.1) is 0 Å². The molecule has 2 atom stereocenters. The standard InChI is InChI=1S/C15H20N2S.C2H6/c1-4-5-6-13-10(2)7-11(3)14(13)8-12-9-16-15(18)17-12;1-2/h4-6,9,11,14H,1,7-8H2,2-3H3,(H2,16,17,18);1-2H3/b6-5-;. The lowest BCUT2D eigenvalue weighted by atomic mass is 9.88. The minimum absolute atomic E-state index is 0.572. The number of hydrogen-bond acceptors (Lipinski definition) is 1. The number of aromatic nitrogens is 2. The van der Waals surface area contributed by atoms with Crippen LogP contribution in [0.5, 0.6) is 0 Å². The van der Waals surface area contributed by atoms with Gasteiger partial charge in [0.2, 0.25) is 0 Å². The summed E-state index contributed by atoms with van der Waals surface area (Å²) in [7, 11) is 0. The van der Waals surface area contributed by atoms with E-state index in [9.17, 15) is 0 Å². The summed E-state index contributed by atoms with van der Waals surface area (Å²) in [5.74, 6) is 1.26. The van der Waals surface area contributed by atoms with Gasteiger partial charge in [-0.1, -0.05) is 51.2 Å². The number of rotatable bonds is 4. The summed E-state index contributed by atoms with van der Waals surface area (Å²) in [6, 6.07) is 0. The Balaban J connectivity index is 0.000000956. The molecule has 1 aliphatic carbocycles. The first kappa shape index (κ1) is 16.7. The zero-order valence-corrected chi connectivity index (χ0v) is 13.8. The molecule has 2 rings (SSSR count). The normalized spacial score (nSPS) is 22.0. The Labute approximate surface area is 127 Å². The first-order valence-electron chi connectivity index (χ1n) is 7.37. The molecule has 2 N–H and O–H groups in total. The van der Waals surface area contributed by atoms with Gasteiger partial charge in [0.05, 0.1) is 0 Å². The molecule has 1 heterocycles. The zero-order chi connectivity index (χ0) is 15.1. The molecule has 0 saturated carbocycles. The fourth-order valence-electron chi connectivity index (χ4n) is 2.83. The molecule has 0 amide bonds. The monoisotopic (exact) mass is 290 g/mol. The number of allylic oxidation sites excluding steroid dienone is 5. The Hall–Kier alpha value is -1.35. The van der Waals surface area contributed by atoms with E-state index in [0.717, 1.165) is 6.42 Å². The molecule has 3 heteroatoms. The van der Waals surface area contributed by atoms with Crippen molar-refractivity contribution in [3.63, 3.8) is 0 Å². The van der Waals surface area contributed by atoms with Crippen molar-refractivity contribution in [3.05, 3.63) is 52.6 Å². The molecule has 110 valence electrons. The fraction of sp³-hybridized carbons (Fsp3) is 0.471. The molecule has 1 aromatic heterocycles. The van der Waals surface area contributed by atoms with Gasteiger partial charge in [-0.25, -0.2) is 0 Å². The summed E-state index contributed by atoms with van der Waals surface area (Å²) in [6.45, 7) is 12.3. The summed E-state index contributed by atoms with van der Waals surface area (Å²) < 4.78 is 0.708. The van der Waals surface area contributed by atoms with Crippen molar-refractivity contribution in [2.45, 2.75) is 40.5 Å². The fourth-order valence-corrected chi connectivity index (χ4v) is 3.02. The second-order valence-corrected chi connectivity index (χ2v) is 5.50. The van der Waals surface area contributed by atoms with Crippen molar-refractivity contribution in [2.24, 2.45) is 11.8 Å². The molecule has 1 aromatic rings. The molecule has 2 nitrogen and oxygen atoms in total. The maximum absolute atomic E-state index is 5.08. The molecule has 2 unspecified atom stereocenters. The Morgan fingerprint density at radius 1 is 1.45 bits per heavy atom. The summed E-state index contributed by atoms with van der Waals surface area (Å²) in [6.07, 6.45) is 10.3. The minimum Gasteiger partial charge on any atom is -0.337 e. The van der Waals surface area contributed by atoms with Gasteiger partial charge in [0, 0.05) is 11.9 Å². The van der Waals surface area contributed by atoms with E-state index in [1.165, 1.54) is 23.3 Å². The molecular weight excluding hydrogens is 264 g/mol. The van der Waals surface area contributed by atoms with Crippen LogP contribution < -0.4 is 0 Å². The maximum Gasteiger partial charge on any atom is 0.174 e. The molecule has 0 spiro atoms. The molecule has 0 bridgehead atoms. The molecule has 0 aliphatic heterocycles. The van der Waals surface area contributed by atoms with Gasteiger partial charge in [-0.2, -0.15) is 0 Å². The van der Waals surface area contributed by atoms with E-state index in [0.29, 0.717) is 16.6 Å². The SMILES string of the molecule is C=C/C=C\C1=C(C)CC(C)C1Cc1c[nH]c(=S)[nH]1.CC. The van der Waals surface area contributed by atoms with Crippen LogP contribution in [0, 0.1) is 16.6 Å². The van der Waals surface area contributed by atoms with Gasteiger partial charge in [-0.3, -0.25) is 0 Å². The van der Waals surface area contributed by atoms with Gasteiger partial charge in [0.25, 0.3) is 0 Å². The second-order valence-electron chi connectivity index (χ2n) is 5.09. The van der Waals surface area contributed by atoms with Crippen LogP contribution in [0.15, 0.2) is 42.2 Å². The maximum atomic E-state index is 5.08. The van der Waals surface area contributed by atoms with E-state index in [-0.39, 0.29) is 0 Å². The number of H-pyrrole nitrogens is 2. The van der Waals surface area contributed by atoms with E-state index in [2.05, 4.69) is 36.5 Å². The van der Waals surface area contributed by atoms with Crippen LogP contribution in [-0.4, -0.2) is 9.97 Å². The smallest absolute Gasteiger partial charge is 0.174 e. The molecule has 0 saturated heterocycles. The Kier molecular flexibility index (Phi) is 6.73. The summed E-state index contributed by atoms with van der Waals surface area (Å²) in [5.41, 5.74) is 4.15. The highest BCUT2D eigenvalue weighted by Gasteiger charge is 2.28. The molecule has 0 fully saturated rings. The molecule has 20 heavy (non-hydrogen) atoms. The second kappa shape index (κ2) is 8.05. The van der Waals surface area contributed by atoms with Gasteiger partial charge >= 0.3 is 0 Å². The van der Waals surface area contributed by atoms with Crippen LogP contribution in [0.3, 0.4) is 0 Å². The molecule has 0 aromatic carbocycles.